The number of anilines is 1. The average Bonchev–Trinajstić information content (AvgIpc) is 3.01. The van der Waals surface area contributed by atoms with Gasteiger partial charge in [0.25, 0.3) is 0 Å². The zero-order valence-corrected chi connectivity index (χ0v) is 14.4. The van der Waals surface area contributed by atoms with Gasteiger partial charge >= 0.3 is 0 Å². The largest absolute Gasteiger partial charge is 0.376 e. The van der Waals surface area contributed by atoms with E-state index >= 15 is 0 Å². The lowest BCUT2D eigenvalue weighted by Gasteiger charge is -2.32. The third-order valence-corrected chi connectivity index (χ3v) is 4.78. The fourth-order valence-electron chi connectivity index (χ4n) is 2.62. The van der Waals surface area contributed by atoms with Gasteiger partial charge in [-0.05, 0) is 39.2 Å². The number of nitrogens with zero attached hydrogens (tertiary/aromatic N) is 2. The quantitative estimate of drug-likeness (QED) is 0.796. The standard InChI is InChI=1S/C16H29N3OS/c1-4-8-17-13(3)15-12-21-16(18-15)19-9-6-7-14(11-19)20-10-5-2/h12-14,17H,4-11H2,1-3H3. The van der Waals surface area contributed by atoms with E-state index in [0.717, 1.165) is 44.2 Å². The normalized spacial score (nSPS) is 20.7. The molecule has 1 aromatic heterocycles. The van der Waals surface area contributed by atoms with Crippen molar-refractivity contribution in [1.29, 1.82) is 0 Å². The van der Waals surface area contributed by atoms with Crippen LogP contribution < -0.4 is 10.2 Å². The Labute approximate surface area is 132 Å². The lowest BCUT2D eigenvalue weighted by molar-refractivity contribution is 0.0440. The number of nitrogens with one attached hydrogen (secondary N) is 1. The highest BCUT2D eigenvalue weighted by Crippen LogP contribution is 2.27. The number of rotatable bonds is 8. The monoisotopic (exact) mass is 311 g/mol. The van der Waals surface area contributed by atoms with Crippen LogP contribution in [0.2, 0.25) is 0 Å². The molecule has 4 nitrogen and oxygen atoms in total. The highest BCUT2D eigenvalue weighted by atomic mass is 32.1. The maximum absolute atomic E-state index is 5.91. The first-order valence-corrected chi connectivity index (χ1v) is 9.17. The van der Waals surface area contributed by atoms with Crippen LogP contribution >= 0.6 is 11.3 Å². The summed E-state index contributed by atoms with van der Waals surface area (Å²) in [6.45, 7) is 10.6. The Hall–Kier alpha value is -0.650. The van der Waals surface area contributed by atoms with E-state index in [2.05, 4.69) is 36.4 Å². The van der Waals surface area contributed by atoms with Crippen molar-refractivity contribution in [2.45, 2.75) is 58.6 Å². The van der Waals surface area contributed by atoms with Gasteiger partial charge in [-0.2, -0.15) is 0 Å². The van der Waals surface area contributed by atoms with Gasteiger partial charge in [0.1, 0.15) is 0 Å². The SMILES string of the molecule is CCCNC(C)c1csc(N2CCCC(OCCC)C2)n1. The molecule has 0 aliphatic carbocycles. The Morgan fingerprint density at radius 2 is 2.33 bits per heavy atom. The summed E-state index contributed by atoms with van der Waals surface area (Å²) in [5, 5.41) is 6.85. The molecule has 2 heterocycles. The molecule has 2 unspecified atom stereocenters. The Balaban J connectivity index is 1.90. The van der Waals surface area contributed by atoms with Crippen LogP contribution in [-0.2, 0) is 4.74 Å². The van der Waals surface area contributed by atoms with E-state index in [9.17, 15) is 0 Å². The third-order valence-electron chi connectivity index (χ3n) is 3.86. The minimum Gasteiger partial charge on any atom is -0.376 e. The summed E-state index contributed by atoms with van der Waals surface area (Å²) in [6.07, 6.45) is 5.01. The predicted octanol–water partition coefficient (Wildman–Crippen LogP) is 3.60. The second-order valence-corrected chi connectivity index (χ2v) is 6.65. The van der Waals surface area contributed by atoms with Crippen LogP contribution in [0.4, 0.5) is 5.13 Å². The van der Waals surface area contributed by atoms with E-state index in [-0.39, 0.29) is 0 Å². The minimum absolute atomic E-state index is 0.340. The van der Waals surface area contributed by atoms with Gasteiger partial charge in [-0.3, -0.25) is 0 Å². The Morgan fingerprint density at radius 1 is 1.48 bits per heavy atom. The number of ether oxygens (including phenoxy) is 1. The molecule has 0 amide bonds. The van der Waals surface area contributed by atoms with Gasteiger partial charge in [-0.1, -0.05) is 13.8 Å². The topological polar surface area (TPSA) is 37.4 Å². The molecule has 0 aromatic carbocycles. The summed E-state index contributed by atoms with van der Waals surface area (Å²) in [4.78, 5) is 7.22. The summed E-state index contributed by atoms with van der Waals surface area (Å²) in [5.74, 6) is 0. The molecule has 1 aliphatic heterocycles. The number of hydrogen-bond acceptors (Lipinski definition) is 5. The third kappa shape index (κ3) is 4.94. The van der Waals surface area contributed by atoms with Gasteiger partial charge in [-0.25, -0.2) is 4.98 Å². The van der Waals surface area contributed by atoms with E-state index in [1.165, 1.54) is 18.5 Å². The second-order valence-electron chi connectivity index (χ2n) is 5.81. The molecule has 1 aliphatic rings. The van der Waals surface area contributed by atoms with Crippen LogP contribution in [0.3, 0.4) is 0 Å². The maximum atomic E-state index is 5.91. The molecule has 2 atom stereocenters. The van der Waals surface area contributed by atoms with Crippen molar-refractivity contribution in [3.63, 3.8) is 0 Å². The van der Waals surface area contributed by atoms with Crippen molar-refractivity contribution >= 4 is 16.5 Å². The van der Waals surface area contributed by atoms with Crippen molar-refractivity contribution in [1.82, 2.24) is 10.3 Å². The van der Waals surface area contributed by atoms with Crippen molar-refractivity contribution in [3.05, 3.63) is 11.1 Å². The van der Waals surface area contributed by atoms with E-state index in [1.54, 1.807) is 11.3 Å². The van der Waals surface area contributed by atoms with Gasteiger partial charge in [-0.15, -0.1) is 11.3 Å². The van der Waals surface area contributed by atoms with Gasteiger partial charge in [0, 0.05) is 31.1 Å². The molecule has 0 saturated carbocycles. The zero-order valence-electron chi connectivity index (χ0n) is 13.6. The molecule has 0 spiro atoms. The fraction of sp³-hybridized carbons (Fsp3) is 0.812. The molecule has 21 heavy (non-hydrogen) atoms. The maximum Gasteiger partial charge on any atom is 0.185 e. The average molecular weight is 311 g/mol. The molecular weight excluding hydrogens is 282 g/mol. The summed E-state index contributed by atoms with van der Waals surface area (Å²) in [5.41, 5.74) is 1.17. The number of aromatic nitrogens is 1. The van der Waals surface area contributed by atoms with Crippen LogP contribution in [0.1, 0.15) is 58.2 Å². The summed E-state index contributed by atoms with van der Waals surface area (Å²) in [7, 11) is 0. The Bertz CT molecular complexity index is 410. The highest BCUT2D eigenvalue weighted by molar-refractivity contribution is 7.13. The van der Waals surface area contributed by atoms with Crippen LogP contribution in [0.25, 0.3) is 0 Å². The lowest BCUT2D eigenvalue weighted by Crippen LogP contribution is -2.39. The van der Waals surface area contributed by atoms with E-state index in [1.807, 2.05) is 0 Å². The van der Waals surface area contributed by atoms with E-state index < -0.39 is 0 Å². The zero-order chi connectivity index (χ0) is 15.1. The van der Waals surface area contributed by atoms with E-state index in [4.69, 9.17) is 9.72 Å². The minimum atomic E-state index is 0.340. The van der Waals surface area contributed by atoms with Gasteiger partial charge in [0.15, 0.2) is 5.13 Å². The first-order chi connectivity index (χ1) is 10.2. The molecule has 0 bridgehead atoms. The van der Waals surface area contributed by atoms with Crippen molar-refractivity contribution in [3.8, 4) is 0 Å². The number of thiazole rings is 1. The van der Waals surface area contributed by atoms with E-state index in [0.29, 0.717) is 12.1 Å². The fourth-order valence-corrected chi connectivity index (χ4v) is 3.57. The highest BCUT2D eigenvalue weighted by Gasteiger charge is 2.23. The molecule has 120 valence electrons. The van der Waals surface area contributed by atoms with Crippen LogP contribution in [0, 0.1) is 0 Å². The van der Waals surface area contributed by atoms with Crippen LogP contribution in [-0.4, -0.2) is 37.3 Å². The van der Waals surface area contributed by atoms with Crippen molar-refractivity contribution in [2.75, 3.05) is 31.1 Å². The first kappa shape index (κ1) is 16.7. The second kappa shape index (κ2) is 8.71. The summed E-state index contributed by atoms with van der Waals surface area (Å²) in [6, 6.07) is 0.340. The molecule has 5 heteroatoms. The summed E-state index contributed by atoms with van der Waals surface area (Å²) >= 11 is 1.76. The molecule has 1 N–H and O–H groups in total. The Morgan fingerprint density at radius 3 is 3.10 bits per heavy atom. The smallest absolute Gasteiger partial charge is 0.185 e. The van der Waals surface area contributed by atoms with Crippen LogP contribution in [0.5, 0.6) is 0 Å². The van der Waals surface area contributed by atoms with Crippen molar-refractivity contribution in [2.24, 2.45) is 0 Å². The molecule has 1 fully saturated rings. The lowest BCUT2D eigenvalue weighted by atomic mass is 10.1. The van der Waals surface area contributed by atoms with Gasteiger partial charge < -0.3 is 15.0 Å². The predicted molar refractivity (Wildman–Crippen MR) is 90.3 cm³/mol. The first-order valence-electron chi connectivity index (χ1n) is 8.30. The molecule has 1 saturated heterocycles. The van der Waals surface area contributed by atoms with Gasteiger partial charge in [0.2, 0.25) is 0 Å². The molecular formula is C16H29N3OS. The number of piperidine rings is 1. The molecule has 0 radical (unpaired) electrons. The van der Waals surface area contributed by atoms with Crippen molar-refractivity contribution < 1.29 is 4.74 Å². The Kier molecular flexibility index (Phi) is 6.93. The molecule has 1 aromatic rings. The van der Waals surface area contributed by atoms with Crippen LogP contribution in [0.15, 0.2) is 5.38 Å². The molecule has 2 rings (SSSR count). The van der Waals surface area contributed by atoms with Gasteiger partial charge in [0.05, 0.1) is 11.8 Å². The number of hydrogen-bond donors (Lipinski definition) is 1. The summed E-state index contributed by atoms with van der Waals surface area (Å²) < 4.78 is 5.91.